The minimum absolute atomic E-state index is 0.00263. The van der Waals surface area contributed by atoms with Crippen LogP contribution in [0.25, 0.3) is 0 Å². The number of β-amino-alcohol motifs (C(OH)–C–C–N with tert-alkyl or cyclic N) is 1. The van der Waals surface area contributed by atoms with Gasteiger partial charge in [-0.1, -0.05) is 12.1 Å². The van der Waals surface area contributed by atoms with Crippen molar-refractivity contribution in [2.45, 2.75) is 17.0 Å². The van der Waals surface area contributed by atoms with E-state index in [0.29, 0.717) is 4.90 Å². The summed E-state index contributed by atoms with van der Waals surface area (Å²) < 4.78 is 84.6. The average molecular weight is 449 g/mol. The van der Waals surface area contributed by atoms with Crippen molar-refractivity contribution in [3.05, 3.63) is 59.2 Å². The lowest BCUT2D eigenvalue weighted by atomic mass is 9.93. The van der Waals surface area contributed by atoms with Crippen LogP contribution < -0.4 is 5.73 Å². The fraction of sp³-hybridized carbons (Fsp3) is 0.294. The number of likely N-dealkylation sites (tertiary alicyclic amines) is 1. The molecule has 8 nitrogen and oxygen atoms in total. The topological polar surface area (TPSA) is 134 Å². The number of aliphatic hydroxyl groups is 1. The van der Waals surface area contributed by atoms with Gasteiger partial charge in [0.25, 0.3) is 16.0 Å². The molecule has 1 unspecified atom stereocenters. The van der Waals surface area contributed by atoms with Crippen molar-refractivity contribution in [2.75, 3.05) is 18.8 Å². The van der Waals surface area contributed by atoms with Crippen molar-refractivity contribution in [3.8, 4) is 0 Å². The number of rotatable bonds is 4. The van der Waals surface area contributed by atoms with E-state index < -0.39 is 57.7 Å². The fourth-order valence-electron chi connectivity index (χ4n) is 3.05. The van der Waals surface area contributed by atoms with Crippen LogP contribution >= 0.6 is 0 Å². The van der Waals surface area contributed by atoms with E-state index in [2.05, 4.69) is 4.98 Å². The Hall–Kier alpha value is -2.77. The zero-order chi connectivity index (χ0) is 22.5. The number of nitrogens with zero attached hydrogens (tertiary/aromatic N) is 2. The third-order valence-corrected chi connectivity index (χ3v) is 5.77. The van der Waals surface area contributed by atoms with Gasteiger partial charge < -0.3 is 15.7 Å². The number of halogens is 4. The van der Waals surface area contributed by atoms with E-state index in [0.717, 1.165) is 36.5 Å². The second-order valence-corrected chi connectivity index (χ2v) is 8.34. The molecule has 0 bridgehead atoms. The van der Waals surface area contributed by atoms with Gasteiger partial charge >= 0.3 is 6.18 Å². The number of amides is 1. The summed E-state index contributed by atoms with van der Waals surface area (Å²) in [6, 6.07) is 5.24. The summed E-state index contributed by atoms with van der Waals surface area (Å²) in [4.78, 5) is 16.8. The van der Waals surface area contributed by atoms with Crippen LogP contribution in [0.3, 0.4) is 0 Å². The van der Waals surface area contributed by atoms with E-state index >= 15 is 0 Å². The number of hydrogen-bond acceptors (Lipinski definition) is 6. The van der Waals surface area contributed by atoms with Crippen molar-refractivity contribution in [1.29, 1.82) is 0 Å². The fourth-order valence-corrected chi connectivity index (χ4v) is 4.03. The van der Waals surface area contributed by atoms with Crippen LogP contribution in [0.2, 0.25) is 0 Å². The molecule has 3 rings (SSSR count). The number of alkyl halides is 3. The lowest BCUT2D eigenvalue weighted by Crippen LogP contribution is -2.70. The molecule has 1 aromatic heterocycles. The van der Waals surface area contributed by atoms with Crippen LogP contribution in [0.4, 0.5) is 23.2 Å². The number of carbonyl (C=O) groups is 1. The quantitative estimate of drug-likeness (QED) is 0.476. The van der Waals surface area contributed by atoms with Crippen molar-refractivity contribution in [2.24, 2.45) is 0 Å². The van der Waals surface area contributed by atoms with E-state index in [1.807, 2.05) is 0 Å². The molecule has 1 amide bonds. The Morgan fingerprint density at radius 3 is 2.23 bits per heavy atom. The van der Waals surface area contributed by atoms with Crippen molar-refractivity contribution < 1.29 is 40.4 Å². The van der Waals surface area contributed by atoms with Gasteiger partial charge in [-0.05, 0) is 29.3 Å². The summed E-state index contributed by atoms with van der Waals surface area (Å²) in [6.07, 6.45) is -3.99. The summed E-state index contributed by atoms with van der Waals surface area (Å²) in [5, 5.41) is 7.76. The van der Waals surface area contributed by atoms with E-state index in [9.17, 15) is 40.4 Å². The number of benzene rings is 1. The zero-order valence-corrected chi connectivity index (χ0v) is 15.8. The Balaban J connectivity index is 1.89. The average Bonchev–Trinajstić information content (AvgIpc) is 2.58. The first kappa shape index (κ1) is 21.9. The Kier molecular flexibility index (Phi) is 5.25. The molecule has 4 N–H and O–H groups in total. The standard InChI is InChI=1S/C17H15F4N3O5S/c18-11-3-1-9(2-4-11)14(30(27,28)29)10-5-12(22)13(23-6-10)15(25)24-7-16(26,8-24)17(19,20)21/h1-6,14,26H,7-8,22H2,(H,27,28,29). The molecule has 1 aliphatic rings. The highest BCUT2D eigenvalue weighted by molar-refractivity contribution is 7.86. The van der Waals surface area contributed by atoms with Crippen LogP contribution in [0, 0.1) is 5.82 Å². The molecular formula is C17H15F4N3O5S. The lowest BCUT2D eigenvalue weighted by molar-refractivity contribution is -0.294. The predicted octanol–water partition coefficient (Wildman–Crippen LogP) is 1.53. The highest BCUT2D eigenvalue weighted by Crippen LogP contribution is 2.38. The van der Waals surface area contributed by atoms with Gasteiger partial charge in [-0.2, -0.15) is 21.6 Å². The van der Waals surface area contributed by atoms with Gasteiger partial charge in [0.05, 0.1) is 18.8 Å². The minimum atomic E-state index is -4.91. The van der Waals surface area contributed by atoms with Gasteiger partial charge in [0.1, 0.15) is 11.1 Å². The zero-order valence-electron chi connectivity index (χ0n) is 15.0. The maximum Gasteiger partial charge on any atom is 0.420 e. The van der Waals surface area contributed by atoms with Crippen LogP contribution in [0.5, 0.6) is 0 Å². The second-order valence-electron chi connectivity index (χ2n) is 6.84. The summed E-state index contributed by atoms with van der Waals surface area (Å²) in [6.45, 7) is -2.00. The number of nitrogen functional groups attached to an aromatic ring is 1. The number of nitrogens with two attached hydrogens (primary N) is 1. The predicted molar refractivity (Wildman–Crippen MR) is 95.3 cm³/mol. The molecule has 13 heteroatoms. The lowest BCUT2D eigenvalue weighted by Gasteiger charge is -2.46. The van der Waals surface area contributed by atoms with Gasteiger partial charge in [0, 0.05) is 6.20 Å². The number of anilines is 1. The Morgan fingerprint density at radius 1 is 1.20 bits per heavy atom. The monoisotopic (exact) mass is 449 g/mol. The summed E-state index contributed by atoms with van der Waals surface area (Å²) in [5.74, 6) is -1.63. The van der Waals surface area contributed by atoms with Gasteiger partial charge in [-0.25, -0.2) is 9.37 Å². The summed E-state index contributed by atoms with van der Waals surface area (Å²) in [7, 11) is -4.75. The second kappa shape index (κ2) is 7.18. The molecule has 2 heterocycles. The molecule has 2 aromatic rings. The van der Waals surface area contributed by atoms with Crippen LogP contribution in [-0.4, -0.2) is 58.7 Å². The number of hydrogen-bond donors (Lipinski definition) is 3. The highest BCUT2D eigenvalue weighted by Gasteiger charge is 2.62. The molecule has 1 fully saturated rings. The third-order valence-electron chi connectivity index (χ3n) is 4.63. The van der Waals surface area contributed by atoms with Crippen molar-refractivity contribution in [1.82, 2.24) is 9.88 Å². The Labute approximate surface area is 167 Å². The number of carbonyl (C=O) groups excluding carboxylic acids is 1. The first-order chi connectivity index (χ1) is 13.7. The maximum absolute atomic E-state index is 13.1. The SMILES string of the molecule is Nc1cc(C(c2ccc(F)cc2)S(=O)(=O)O)cnc1C(=O)N1CC(O)(C(F)(F)F)C1. The molecule has 0 radical (unpaired) electrons. The van der Waals surface area contributed by atoms with E-state index in [1.165, 1.54) is 0 Å². The minimum Gasteiger partial charge on any atom is -0.397 e. The normalized spacial score (nSPS) is 17.3. The molecular weight excluding hydrogens is 434 g/mol. The molecule has 0 saturated carbocycles. The molecule has 0 spiro atoms. The van der Waals surface area contributed by atoms with Gasteiger partial charge in [-0.15, -0.1) is 0 Å². The van der Waals surface area contributed by atoms with Crippen LogP contribution in [-0.2, 0) is 10.1 Å². The molecule has 1 atom stereocenters. The molecule has 1 aliphatic heterocycles. The van der Waals surface area contributed by atoms with Crippen molar-refractivity contribution >= 4 is 21.7 Å². The first-order valence-electron chi connectivity index (χ1n) is 8.28. The van der Waals surface area contributed by atoms with Crippen LogP contribution in [0.1, 0.15) is 26.9 Å². The highest BCUT2D eigenvalue weighted by atomic mass is 32.2. The molecule has 1 aromatic carbocycles. The molecule has 162 valence electrons. The van der Waals surface area contributed by atoms with Gasteiger partial charge in [0.15, 0.2) is 11.3 Å². The molecule has 0 aliphatic carbocycles. The van der Waals surface area contributed by atoms with E-state index in [4.69, 9.17) is 5.73 Å². The third kappa shape index (κ3) is 3.95. The summed E-state index contributed by atoms with van der Waals surface area (Å²) in [5.41, 5.74) is 1.78. The van der Waals surface area contributed by atoms with Crippen LogP contribution in [0.15, 0.2) is 36.5 Å². The molecule has 1 saturated heterocycles. The number of pyridine rings is 1. The van der Waals surface area contributed by atoms with Gasteiger partial charge in [0.2, 0.25) is 0 Å². The van der Waals surface area contributed by atoms with Crippen molar-refractivity contribution in [3.63, 3.8) is 0 Å². The van der Waals surface area contributed by atoms with E-state index in [1.54, 1.807) is 0 Å². The Bertz CT molecular complexity index is 1080. The maximum atomic E-state index is 13.1. The summed E-state index contributed by atoms with van der Waals surface area (Å²) >= 11 is 0. The first-order valence-corrected chi connectivity index (χ1v) is 9.79. The largest absolute Gasteiger partial charge is 0.420 e. The van der Waals surface area contributed by atoms with E-state index in [-0.39, 0.29) is 16.8 Å². The Morgan fingerprint density at radius 2 is 1.77 bits per heavy atom. The van der Waals surface area contributed by atoms with Gasteiger partial charge in [-0.3, -0.25) is 9.35 Å². The smallest absolute Gasteiger partial charge is 0.397 e. The molecule has 30 heavy (non-hydrogen) atoms. The number of aromatic nitrogens is 1.